The maximum Gasteiger partial charge on any atom is 0.304 e. The van der Waals surface area contributed by atoms with E-state index in [1.807, 2.05) is 39.0 Å². The van der Waals surface area contributed by atoms with Crippen LogP contribution in [0.15, 0.2) is 18.2 Å². The number of carboxylic acid groups (broad SMARTS) is 1. The number of carbonyl (C=O) groups is 1. The predicted molar refractivity (Wildman–Crippen MR) is 75.3 cm³/mol. The molecule has 0 fully saturated rings. The molecular formula is C15H21NO4. The zero-order chi connectivity index (χ0) is 15.0. The summed E-state index contributed by atoms with van der Waals surface area (Å²) in [5.41, 5.74) is 5.69. The van der Waals surface area contributed by atoms with Crippen LogP contribution >= 0.6 is 0 Å². The minimum Gasteiger partial charge on any atom is -0.486 e. The highest BCUT2D eigenvalue weighted by Crippen LogP contribution is 2.41. The van der Waals surface area contributed by atoms with E-state index >= 15 is 0 Å². The smallest absolute Gasteiger partial charge is 0.304 e. The molecule has 1 aromatic carbocycles. The first-order chi connectivity index (χ1) is 9.24. The maximum absolute atomic E-state index is 11.2. The first-order valence-electron chi connectivity index (χ1n) is 6.65. The molecule has 110 valence electrons. The molecule has 0 saturated heterocycles. The Hall–Kier alpha value is -1.75. The average molecular weight is 279 g/mol. The van der Waals surface area contributed by atoms with Crippen LogP contribution in [0, 0.1) is 0 Å². The molecule has 1 atom stereocenters. The number of rotatable bonds is 4. The molecule has 5 nitrogen and oxygen atoms in total. The Kier molecular flexibility index (Phi) is 3.65. The molecule has 1 heterocycles. The van der Waals surface area contributed by atoms with Gasteiger partial charge in [-0.3, -0.25) is 4.79 Å². The Morgan fingerprint density at radius 1 is 1.25 bits per heavy atom. The first-order valence-corrected chi connectivity index (χ1v) is 6.65. The Balaban J connectivity index is 2.46. The summed E-state index contributed by atoms with van der Waals surface area (Å²) >= 11 is 0. The van der Waals surface area contributed by atoms with Gasteiger partial charge >= 0.3 is 5.97 Å². The van der Waals surface area contributed by atoms with E-state index < -0.39 is 16.9 Å². The molecule has 5 heteroatoms. The van der Waals surface area contributed by atoms with Gasteiger partial charge in [-0.05, 0) is 31.5 Å². The normalized spacial score (nSPS) is 17.4. The lowest BCUT2D eigenvalue weighted by molar-refractivity contribution is -0.139. The minimum absolute atomic E-state index is 0.0455. The highest BCUT2D eigenvalue weighted by Gasteiger charge is 2.42. The second-order valence-corrected chi connectivity index (χ2v) is 5.98. The molecule has 0 aliphatic carbocycles. The van der Waals surface area contributed by atoms with Gasteiger partial charge in [0.1, 0.15) is 13.2 Å². The van der Waals surface area contributed by atoms with Crippen molar-refractivity contribution in [1.29, 1.82) is 0 Å². The van der Waals surface area contributed by atoms with Gasteiger partial charge in [0.15, 0.2) is 11.5 Å². The standard InChI is InChI=1S/C15H21NO4/c1-14(2,16)15(3,9-13(17)18)10-4-5-11-12(8-10)20-7-6-19-11/h4-5,8H,6-7,9,16H2,1-3H3,(H,17,18). The van der Waals surface area contributed by atoms with Crippen LogP contribution in [0.2, 0.25) is 0 Å². The Morgan fingerprint density at radius 2 is 1.85 bits per heavy atom. The average Bonchev–Trinajstić information content (AvgIpc) is 2.36. The molecule has 0 spiro atoms. The van der Waals surface area contributed by atoms with E-state index in [-0.39, 0.29) is 6.42 Å². The van der Waals surface area contributed by atoms with Crippen molar-refractivity contribution in [2.45, 2.75) is 38.1 Å². The number of ether oxygens (including phenoxy) is 2. The van der Waals surface area contributed by atoms with Crippen molar-refractivity contribution in [3.05, 3.63) is 23.8 Å². The van der Waals surface area contributed by atoms with Crippen LogP contribution in [0.5, 0.6) is 11.5 Å². The van der Waals surface area contributed by atoms with Crippen molar-refractivity contribution in [1.82, 2.24) is 0 Å². The fourth-order valence-corrected chi connectivity index (χ4v) is 2.39. The number of carboxylic acids is 1. The van der Waals surface area contributed by atoms with E-state index in [2.05, 4.69) is 0 Å². The third kappa shape index (κ3) is 2.58. The predicted octanol–water partition coefficient (Wildman–Crippen LogP) is 1.93. The molecule has 3 N–H and O–H groups in total. The lowest BCUT2D eigenvalue weighted by atomic mass is 9.66. The lowest BCUT2D eigenvalue weighted by Gasteiger charge is -2.41. The summed E-state index contributed by atoms with van der Waals surface area (Å²) in [6.45, 7) is 6.57. The molecule has 0 bridgehead atoms. The molecule has 1 aliphatic rings. The van der Waals surface area contributed by atoms with Crippen LogP contribution in [0.3, 0.4) is 0 Å². The Bertz CT molecular complexity index is 521. The summed E-state index contributed by atoms with van der Waals surface area (Å²) in [5.74, 6) is 0.461. The SMILES string of the molecule is CC(C)(N)C(C)(CC(=O)O)c1ccc2c(c1)OCCO2. The second kappa shape index (κ2) is 4.98. The van der Waals surface area contributed by atoms with Crippen LogP contribution in [-0.4, -0.2) is 29.8 Å². The van der Waals surface area contributed by atoms with Gasteiger partial charge in [-0.25, -0.2) is 0 Å². The molecule has 0 radical (unpaired) electrons. The fraction of sp³-hybridized carbons (Fsp3) is 0.533. The zero-order valence-corrected chi connectivity index (χ0v) is 12.1. The third-order valence-electron chi connectivity index (χ3n) is 4.11. The molecule has 20 heavy (non-hydrogen) atoms. The molecule has 0 saturated carbocycles. The quantitative estimate of drug-likeness (QED) is 0.880. The number of hydrogen-bond acceptors (Lipinski definition) is 4. The summed E-state index contributed by atoms with van der Waals surface area (Å²) in [6, 6.07) is 5.52. The van der Waals surface area contributed by atoms with Crippen molar-refractivity contribution >= 4 is 5.97 Å². The van der Waals surface area contributed by atoms with E-state index in [4.69, 9.17) is 15.2 Å². The highest BCUT2D eigenvalue weighted by molar-refractivity contribution is 5.69. The fourth-order valence-electron chi connectivity index (χ4n) is 2.39. The Morgan fingerprint density at radius 3 is 2.40 bits per heavy atom. The monoisotopic (exact) mass is 279 g/mol. The van der Waals surface area contributed by atoms with Crippen molar-refractivity contribution in [2.75, 3.05) is 13.2 Å². The van der Waals surface area contributed by atoms with Crippen LogP contribution in [0.1, 0.15) is 32.8 Å². The van der Waals surface area contributed by atoms with E-state index in [9.17, 15) is 9.90 Å². The molecule has 0 aromatic heterocycles. The van der Waals surface area contributed by atoms with Gasteiger partial charge in [-0.1, -0.05) is 13.0 Å². The van der Waals surface area contributed by atoms with Crippen molar-refractivity contribution in [3.8, 4) is 11.5 Å². The molecule has 1 aliphatic heterocycles. The summed E-state index contributed by atoms with van der Waals surface area (Å²) in [4.78, 5) is 11.2. The van der Waals surface area contributed by atoms with Crippen LogP contribution in [0.4, 0.5) is 0 Å². The van der Waals surface area contributed by atoms with Gasteiger partial charge < -0.3 is 20.3 Å². The molecule has 0 amide bonds. The van der Waals surface area contributed by atoms with Crippen molar-refractivity contribution < 1.29 is 19.4 Å². The van der Waals surface area contributed by atoms with E-state index in [0.29, 0.717) is 24.7 Å². The van der Waals surface area contributed by atoms with Crippen LogP contribution in [0.25, 0.3) is 0 Å². The van der Waals surface area contributed by atoms with E-state index in [1.165, 1.54) is 0 Å². The van der Waals surface area contributed by atoms with Gasteiger partial charge in [0.25, 0.3) is 0 Å². The first kappa shape index (κ1) is 14.7. The summed E-state index contributed by atoms with van der Waals surface area (Å²) in [7, 11) is 0. The van der Waals surface area contributed by atoms with Gasteiger partial charge in [0.2, 0.25) is 0 Å². The van der Waals surface area contributed by atoms with Gasteiger partial charge in [-0.15, -0.1) is 0 Å². The molecule has 1 unspecified atom stereocenters. The van der Waals surface area contributed by atoms with Crippen LogP contribution < -0.4 is 15.2 Å². The van der Waals surface area contributed by atoms with Crippen molar-refractivity contribution in [2.24, 2.45) is 5.73 Å². The maximum atomic E-state index is 11.2. The summed E-state index contributed by atoms with van der Waals surface area (Å²) in [5, 5.41) is 9.20. The molecular weight excluding hydrogens is 258 g/mol. The van der Waals surface area contributed by atoms with Crippen molar-refractivity contribution in [3.63, 3.8) is 0 Å². The Labute approximate surface area is 118 Å². The molecule has 1 aromatic rings. The number of hydrogen-bond donors (Lipinski definition) is 2. The minimum atomic E-state index is -0.874. The van der Waals surface area contributed by atoms with Crippen LogP contribution in [-0.2, 0) is 10.2 Å². The third-order valence-corrected chi connectivity index (χ3v) is 4.11. The largest absolute Gasteiger partial charge is 0.486 e. The lowest BCUT2D eigenvalue weighted by Crippen LogP contribution is -2.53. The van der Waals surface area contributed by atoms with Gasteiger partial charge in [0.05, 0.1) is 6.42 Å². The summed E-state index contributed by atoms with van der Waals surface area (Å²) < 4.78 is 11.0. The second-order valence-electron chi connectivity index (χ2n) is 5.98. The van der Waals surface area contributed by atoms with E-state index in [1.54, 1.807) is 0 Å². The number of aliphatic carboxylic acids is 1. The molecule has 2 rings (SSSR count). The number of benzene rings is 1. The highest BCUT2D eigenvalue weighted by atomic mass is 16.6. The van der Waals surface area contributed by atoms with Gasteiger partial charge in [-0.2, -0.15) is 0 Å². The number of nitrogens with two attached hydrogens (primary N) is 1. The number of fused-ring (bicyclic) bond motifs is 1. The van der Waals surface area contributed by atoms with E-state index in [0.717, 1.165) is 5.56 Å². The zero-order valence-electron chi connectivity index (χ0n) is 12.1. The summed E-state index contributed by atoms with van der Waals surface area (Å²) in [6.07, 6.45) is -0.0455. The topological polar surface area (TPSA) is 81.8 Å². The van der Waals surface area contributed by atoms with Gasteiger partial charge in [0, 0.05) is 11.0 Å².